The SMILES string of the molecule is Cc1c(N2CCC[C@@H]2[C@H](O)C(F)(F)F)ccc(C#N)c1F. The molecular weight excluding hydrogens is 288 g/mol. The molecule has 0 amide bonds. The summed E-state index contributed by atoms with van der Waals surface area (Å²) in [7, 11) is 0. The predicted molar refractivity (Wildman–Crippen MR) is 68.3 cm³/mol. The molecule has 0 bridgehead atoms. The van der Waals surface area contributed by atoms with Crippen molar-refractivity contribution in [3.05, 3.63) is 29.1 Å². The molecule has 0 radical (unpaired) electrons. The van der Waals surface area contributed by atoms with Gasteiger partial charge in [-0.25, -0.2) is 4.39 Å². The third kappa shape index (κ3) is 2.81. The smallest absolute Gasteiger partial charge is 0.382 e. The van der Waals surface area contributed by atoms with Gasteiger partial charge in [0.1, 0.15) is 11.9 Å². The lowest BCUT2D eigenvalue weighted by Crippen LogP contribution is -2.47. The molecule has 7 heteroatoms. The van der Waals surface area contributed by atoms with E-state index < -0.39 is 24.1 Å². The molecule has 1 fully saturated rings. The van der Waals surface area contributed by atoms with E-state index in [0.717, 1.165) is 0 Å². The number of rotatable bonds is 2. The van der Waals surface area contributed by atoms with E-state index in [4.69, 9.17) is 5.26 Å². The molecule has 1 heterocycles. The molecule has 2 atom stereocenters. The van der Waals surface area contributed by atoms with Crippen LogP contribution in [0.15, 0.2) is 12.1 Å². The van der Waals surface area contributed by atoms with Crippen molar-refractivity contribution in [2.24, 2.45) is 0 Å². The zero-order valence-corrected chi connectivity index (χ0v) is 11.3. The van der Waals surface area contributed by atoms with Crippen LogP contribution in [0.3, 0.4) is 0 Å². The Balaban J connectivity index is 2.38. The Hall–Kier alpha value is -1.81. The molecule has 1 aliphatic rings. The average Bonchev–Trinajstić information content (AvgIpc) is 2.88. The fourth-order valence-electron chi connectivity index (χ4n) is 2.71. The molecule has 0 saturated carbocycles. The summed E-state index contributed by atoms with van der Waals surface area (Å²) in [5.41, 5.74) is 0.260. The van der Waals surface area contributed by atoms with Gasteiger partial charge in [-0.05, 0) is 31.9 Å². The second-order valence-electron chi connectivity index (χ2n) is 5.07. The molecule has 1 aromatic rings. The maximum absolute atomic E-state index is 13.9. The third-order valence-electron chi connectivity index (χ3n) is 3.79. The van der Waals surface area contributed by atoms with E-state index in [0.29, 0.717) is 13.0 Å². The largest absolute Gasteiger partial charge is 0.416 e. The van der Waals surface area contributed by atoms with Gasteiger partial charge in [0.15, 0.2) is 6.10 Å². The summed E-state index contributed by atoms with van der Waals surface area (Å²) in [5, 5.41) is 18.2. The van der Waals surface area contributed by atoms with Crippen LogP contribution in [0.5, 0.6) is 0 Å². The first-order chi connectivity index (χ1) is 9.77. The molecule has 1 N–H and O–H groups in total. The van der Waals surface area contributed by atoms with Crippen LogP contribution >= 0.6 is 0 Å². The van der Waals surface area contributed by atoms with Crippen LogP contribution in [-0.2, 0) is 0 Å². The number of halogens is 4. The summed E-state index contributed by atoms with van der Waals surface area (Å²) in [6, 6.07) is 3.23. The molecule has 1 aliphatic heterocycles. The molecule has 2 rings (SSSR count). The Kier molecular flexibility index (Phi) is 4.10. The summed E-state index contributed by atoms with van der Waals surface area (Å²) in [4.78, 5) is 1.37. The van der Waals surface area contributed by atoms with Crippen molar-refractivity contribution in [2.45, 2.75) is 38.1 Å². The van der Waals surface area contributed by atoms with E-state index in [1.165, 1.54) is 24.0 Å². The second kappa shape index (κ2) is 5.53. The summed E-state index contributed by atoms with van der Waals surface area (Å²) in [6.07, 6.45) is -6.52. The van der Waals surface area contributed by atoms with Crippen molar-refractivity contribution >= 4 is 5.69 Å². The minimum atomic E-state index is -4.72. The molecule has 21 heavy (non-hydrogen) atoms. The summed E-state index contributed by atoms with van der Waals surface area (Å²) in [6.45, 7) is 1.73. The van der Waals surface area contributed by atoms with Crippen molar-refractivity contribution in [1.82, 2.24) is 0 Å². The number of alkyl halides is 3. The lowest BCUT2D eigenvalue weighted by atomic mass is 10.0. The quantitative estimate of drug-likeness (QED) is 0.855. The first-order valence-corrected chi connectivity index (χ1v) is 6.48. The first-order valence-electron chi connectivity index (χ1n) is 6.48. The van der Waals surface area contributed by atoms with E-state index >= 15 is 0 Å². The summed E-state index contributed by atoms with van der Waals surface area (Å²) < 4.78 is 52.0. The van der Waals surface area contributed by atoms with Crippen LogP contribution < -0.4 is 4.90 Å². The summed E-state index contributed by atoms with van der Waals surface area (Å²) in [5.74, 6) is -0.734. The lowest BCUT2D eigenvalue weighted by molar-refractivity contribution is -0.209. The van der Waals surface area contributed by atoms with Gasteiger partial charge in [-0.15, -0.1) is 0 Å². The number of hydrogen-bond donors (Lipinski definition) is 1. The molecule has 3 nitrogen and oxygen atoms in total. The standard InChI is InChI=1S/C14H14F4N2O/c1-8-10(5-4-9(7-19)12(8)15)20-6-2-3-11(20)13(21)14(16,17)18/h4-5,11,13,21H,2-3,6H2,1H3/t11-,13+/m1/s1. The minimum absolute atomic E-state index is 0.121. The first kappa shape index (κ1) is 15.6. The zero-order valence-electron chi connectivity index (χ0n) is 11.3. The number of aliphatic hydroxyl groups excluding tert-OH is 1. The van der Waals surface area contributed by atoms with Gasteiger partial charge < -0.3 is 10.0 Å². The maximum Gasteiger partial charge on any atom is 0.416 e. The topological polar surface area (TPSA) is 47.3 Å². The monoisotopic (exact) mass is 302 g/mol. The fraction of sp³-hybridized carbons (Fsp3) is 0.500. The molecule has 1 aromatic carbocycles. The van der Waals surface area contributed by atoms with Gasteiger partial charge >= 0.3 is 6.18 Å². The average molecular weight is 302 g/mol. The Morgan fingerprint density at radius 1 is 1.43 bits per heavy atom. The second-order valence-corrected chi connectivity index (χ2v) is 5.07. The van der Waals surface area contributed by atoms with Gasteiger partial charge in [-0.3, -0.25) is 0 Å². The molecule has 0 spiro atoms. The normalized spacial score (nSPS) is 20.4. The van der Waals surface area contributed by atoms with Crippen molar-refractivity contribution < 1.29 is 22.7 Å². The number of benzene rings is 1. The van der Waals surface area contributed by atoms with Crippen LogP contribution in [0.1, 0.15) is 24.0 Å². The molecule has 114 valence electrons. The number of nitrogens with zero attached hydrogens (tertiary/aromatic N) is 2. The molecule has 0 aliphatic carbocycles. The van der Waals surface area contributed by atoms with Gasteiger partial charge in [0.25, 0.3) is 0 Å². The van der Waals surface area contributed by atoms with E-state index in [1.807, 2.05) is 0 Å². The molecule has 0 unspecified atom stereocenters. The Morgan fingerprint density at radius 3 is 2.67 bits per heavy atom. The van der Waals surface area contributed by atoms with Gasteiger partial charge in [-0.2, -0.15) is 18.4 Å². The highest BCUT2D eigenvalue weighted by Gasteiger charge is 2.47. The van der Waals surface area contributed by atoms with E-state index in [-0.39, 0.29) is 23.2 Å². The molecule has 1 saturated heterocycles. The molecular formula is C14H14F4N2O. The van der Waals surface area contributed by atoms with Gasteiger partial charge in [0.2, 0.25) is 0 Å². The van der Waals surface area contributed by atoms with Crippen LogP contribution in [0.25, 0.3) is 0 Å². The van der Waals surface area contributed by atoms with Crippen LogP contribution in [0.2, 0.25) is 0 Å². The van der Waals surface area contributed by atoms with Crippen LogP contribution in [0.4, 0.5) is 23.2 Å². The minimum Gasteiger partial charge on any atom is -0.382 e. The lowest BCUT2D eigenvalue weighted by Gasteiger charge is -2.32. The van der Waals surface area contributed by atoms with E-state index in [1.54, 1.807) is 6.07 Å². The van der Waals surface area contributed by atoms with Crippen LogP contribution in [-0.4, -0.2) is 30.0 Å². The van der Waals surface area contributed by atoms with Crippen molar-refractivity contribution in [2.75, 3.05) is 11.4 Å². The fourth-order valence-corrected chi connectivity index (χ4v) is 2.71. The zero-order chi connectivity index (χ0) is 15.8. The molecule has 0 aromatic heterocycles. The van der Waals surface area contributed by atoms with Gasteiger partial charge in [0.05, 0.1) is 11.6 Å². The highest BCUT2D eigenvalue weighted by molar-refractivity contribution is 5.58. The Labute approximate surface area is 119 Å². The van der Waals surface area contributed by atoms with Gasteiger partial charge in [0, 0.05) is 17.8 Å². The highest BCUT2D eigenvalue weighted by atomic mass is 19.4. The Bertz CT molecular complexity index is 580. The predicted octanol–water partition coefficient (Wildman–Crippen LogP) is 2.90. The van der Waals surface area contributed by atoms with Crippen LogP contribution in [0, 0.1) is 24.1 Å². The Morgan fingerprint density at radius 2 is 2.10 bits per heavy atom. The number of aliphatic hydroxyl groups is 1. The highest BCUT2D eigenvalue weighted by Crippen LogP contribution is 2.36. The van der Waals surface area contributed by atoms with E-state index in [2.05, 4.69) is 0 Å². The van der Waals surface area contributed by atoms with Crippen molar-refractivity contribution in [3.8, 4) is 6.07 Å². The van der Waals surface area contributed by atoms with Crippen molar-refractivity contribution in [3.63, 3.8) is 0 Å². The van der Waals surface area contributed by atoms with E-state index in [9.17, 15) is 22.7 Å². The third-order valence-corrected chi connectivity index (χ3v) is 3.79. The van der Waals surface area contributed by atoms with Crippen molar-refractivity contribution in [1.29, 1.82) is 5.26 Å². The van der Waals surface area contributed by atoms with Gasteiger partial charge in [-0.1, -0.05) is 0 Å². The summed E-state index contributed by atoms with van der Waals surface area (Å²) >= 11 is 0. The number of nitriles is 1. The maximum atomic E-state index is 13.9. The number of anilines is 1. The number of hydrogen-bond acceptors (Lipinski definition) is 3.